The Hall–Kier alpha value is 0.0934. The smallest absolute Gasteiger partial charge is 0.300 e. The molecule has 0 heterocycles. The predicted octanol–water partition coefficient (Wildman–Crippen LogP) is 0.0884. The van der Waals surface area contributed by atoms with Gasteiger partial charge in [0.1, 0.15) is 0 Å². The summed E-state index contributed by atoms with van der Waals surface area (Å²) in [5.74, 6) is -0.833. The first-order valence-corrected chi connectivity index (χ1v) is 0.928. The van der Waals surface area contributed by atoms with Crippen LogP contribution in [0.3, 0.4) is 0 Å². The van der Waals surface area contributed by atoms with Crippen molar-refractivity contribution in [3.8, 4) is 0 Å². The predicted molar refractivity (Wildman–Crippen MR) is 13.3 cm³/mol. The number of rotatable bonds is 0. The summed E-state index contributed by atoms with van der Waals surface area (Å²) in [6.45, 7) is 1.08. The van der Waals surface area contributed by atoms with Gasteiger partial charge in [-0.05, 0) is 0 Å². The van der Waals surface area contributed by atoms with E-state index in [-0.39, 0.29) is 19.5 Å². The van der Waals surface area contributed by atoms with Gasteiger partial charge in [-0.25, -0.2) is 0 Å². The van der Waals surface area contributed by atoms with Crippen molar-refractivity contribution in [2.24, 2.45) is 0 Å². The van der Waals surface area contributed by atoms with Gasteiger partial charge in [-0.15, -0.1) is 0 Å². The summed E-state index contributed by atoms with van der Waals surface area (Å²) in [6.07, 6.45) is 0. The molecule has 0 atom stereocenters. The van der Waals surface area contributed by atoms with Crippen molar-refractivity contribution in [3.63, 3.8) is 0 Å². The first-order chi connectivity index (χ1) is 1.73. The molecule has 0 radical (unpaired) electrons. The zero-order valence-corrected chi connectivity index (χ0v) is 4.45. The Bertz CT molecular complexity index is 30.6. The largest absolute Gasteiger partial charge is 0.481 e. The van der Waals surface area contributed by atoms with E-state index in [0.29, 0.717) is 0 Å². The van der Waals surface area contributed by atoms with Gasteiger partial charge in [0.2, 0.25) is 0 Å². The average molecular weight is 161 g/mol. The Labute approximate surface area is 42.9 Å². The molecule has 1 N–H and O–H groups in total. The second-order valence-electron chi connectivity index (χ2n) is 0.519. The van der Waals surface area contributed by atoms with Crippen LogP contribution in [0.2, 0.25) is 0 Å². The van der Waals surface area contributed by atoms with Crippen molar-refractivity contribution < 1.29 is 29.4 Å². The number of hydrogen-bond acceptors (Lipinski definition) is 1. The van der Waals surface area contributed by atoms with E-state index >= 15 is 0 Å². The summed E-state index contributed by atoms with van der Waals surface area (Å²) in [5.41, 5.74) is 0. The number of carboxylic acids is 1. The van der Waals surface area contributed by atoms with E-state index in [4.69, 9.17) is 9.90 Å². The van der Waals surface area contributed by atoms with Crippen LogP contribution in [0, 0.1) is 0 Å². The van der Waals surface area contributed by atoms with Gasteiger partial charge in [0, 0.05) is 26.4 Å². The molecule has 0 spiro atoms. The normalized spacial score (nSPS) is 5.00. The number of aliphatic carboxylic acids is 1. The third-order valence-corrected chi connectivity index (χ3v) is 0. The van der Waals surface area contributed by atoms with Crippen molar-refractivity contribution in [2.45, 2.75) is 6.92 Å². The summed E-state index contributed by atoms with van der Waals surface area (Å²) >= 11 is 0. The van der Waals surface area contributed by atoms with Crippen LogP contribution >= 0.6 is 0 Å². The first-order valence-electron chi connectivity index (χ1n) is 0.928. The zero-order chi connectivity index (χ0) is 3.58. The van der Waals surface area contributed by atoms with Crippen LogP contribution in [-0.2, 0) is 24.3 Å². The molecular formula is C2H4O2Ru. The topological polar surface area (TPSA) is 37.3 Å². The van der Waals surface area contributed by atoms with E-state index in [1.54, 1.807) is 0 Å². The van der Waals surface area contributed by atoms with Gasteiger partial charge < -0.3 is 5.11 Å². The standard InChI is InChI=1S/C2H4O2.Ru/c1-2(3)4;/h1H3,(H,3,4);. The van der Waals surface area contributed by atoms with Crippen molar-refractivity contribution in [2.75, 3.05) is 0 Å². The molecule has 0 saturated heterocycles. The molecule has 0 aromatic carbocycles. The molecule has 0 aliphatic rings. The van der Waals surface area contributed by atoms with Gasteiger partial charge in [-0.3, -0.25) is 4.79 Å². The minimum Gasteiger partial charge on any atom is -0.481 e. The van der Waals surface area contributed by atoms with E-state index in [0.717, 1.165) is 6.92 Å². The van der Waals surface area contributed by atoms with Crippen LogP contribution in [0.5, 0.6) is 0 Å². The van der Waals surface area contributed by atoms with Crippen molar-refractivity contribution in [1.29, 1.82) is 0 Å². The van der Waals surface area contributed by atoms with Gasteiger partial charge in [0.15, 0.2) is 0 Å². The SMILES string of the molecule is CC(=O)O.[Ru]. The fourth-order valence-electron chi connectivity index (χ4n) is 0. The summed E-state index contributed by atoms with van der Waals surface area (Å²) in [6, 6.07) is 0. The third-order valence-electron chi connectivity index (χ3n) is 0. The molecule has 5 heavy (non-hydrogen) atoms. The summed E-state index contributed by atoms with van der Waals surface area (Å²) < 4.78 is 0. The minimum atomic E-state index is -0.833. The molecule has 0 rings (SSSR count). The van der Waals surface area contributed by atoms with Crippen LogP contribution in [0.1, 0.15) is 6.92 Å². The molecule has 0 aliphatic carbocycles. The monoisotopic (exact) mass is 162 g/mol. The molecule has 0 saturated carbocycles. The summed E-state index contributed by atoms with van der Waals surface area (Å²) in [4.78, 5) is 9.00. The molecule has 0 fully saturated rings. The molecule has 0 aromatic rings. The number of hydrogen-bond donors (Lipinski definition) is 1. The van der Waals surface area contributed by atoms with Crippen molar-refractivity contribution in [1.82, 2.24) is 0 Å². The molecule has 0 amide bonds. The van der Waals surface area contributed by atoms with Gasteiger partial charge in [0.25, 0.3) is 5.97 Å². The van der Waals surface area contributed by atoms with Gasteiger partial charge >= 0.3 is 0 Å². The molecule has 0 aromatic heterocycles. The molecule has 0 bridgehead atoms. The Balaban J connectivity index is 0. The van der Waals surface area contributed by atoms with Crippen LogP contribution in [0.15, 0.2) is 0 Å². The summed E-state index contributed by atoms with van der Waals surface area (Å²) in [7, 11) is 0. The average Bonchev–Trinajstić information content (AvgIpc) is 0.811. The van der Waals surface area contributed by atoms with Crippen LogP contribution in [0.4, 0.5) is 0 Å². The van der Waals surface area contributed by atoms with Crippen molar-refractivity contribution >= 4 is 5.97 Å². The second-order valence-corrected chi connectivity index (χ2v) is 0.519. The Kier molecular flexibility index (Phi) is 7.30. The number of carboxylic acid groups (broad SMARTS) is 1. The van der Waals surface area contributed by atoms with Crippen molar-refractivity contribution in [3.05, 3.63) is 0 Å². The van der Waals surface area contributed by atoms with Crippen LogP contribution < -0.4 is 0 Å². The van der Waals surface area contributed by atoms with Gasteiger partial charge in [-0.2, -0.15) is 0 Å². The maximum Gasteiger partial charge on any atom is 0.300 e. The quantitative estimate of drug-likeness (QED) is 0.511. The molecule has 2 nitrogen and oxygen atoms in total. The molecule has 0 unspecified atom stereocenters. The second kappa shape index (κ2) is 4.09. The van der Waals surface area contributed by atoms with E-state index < -0.39 is 5.97 Å². The maximum absolute atomic E-state index is 9.00. The van der Waals surface area contributed by atoms with E-state index in [1.807, 2.05) is 0 Å². The number of carbonyl (C=O) groups is 1. The summed E-state index contributed by atoms with van der Waals surface area (Å²) in [5, 5.41) is 7.42. The van der Waals surface area contributed by atoms with Gasteiger partial charge in [0.05, 0.1) is 0 Å². The van der Waals surface area contributed by atoms with Crippen LogP contribution in [-0.4, -0.2) is 11.1 Å². The molecule has 3 heteroatoms. The molecular weight excluding hydrogens is 157 g/mol. The van der Waals surface area contributed by atoms with E-state index in [2.05, 4.69) is 0 Å². The van der Waals surface area contributed by atoms with E-state index in [1.165, 1.54) is 0 Å². The Morgan fingerprint density at radius 3 is 1.80 bits per heavy atom. The fourth-order valence-corrected chi connectivity index (χ4v) is 0. The van der Waals surface area contributed by atoms with Crippen LogP contribution in [0.25, 0.3) is 0 Å². The Morgan fingerprint density at radius 1 is 1.80 bits per heavy atom. The third kappa shape index (κ3) is 2060. The first kappa shape index (κ1) is 8.92. The maximum atomic E-state index is 9.00. The molecule has 32 valence electrons. The zero-order valence-electron chi connectivity index (χ0n) is 2.71. The van der Waals surface area contributed by atoms with E-state index in [9.17, 15) is 0 Å². The minimum absolute atomic E-state index is 0. The Morgan fingerprint density at radius 2 is 1.80 bits per heavy atom. The molecule has 0 aliphatic heterocycles. The van der Waals surface area contributed by atoms with Gasteiger partial charge in [-0.1, -0.05) is 0 Å². The fraction of sp³-hybridized carbons (Fsp3) is 0.500.